The van der Waals surface area contributed by atoms with Crippen molar-refractivity contribution in [1.29, 1.82) is 0 Å². The predicted octanol–water partition coefficient (Wildman–Crippen LogP) is 7.65. The lowest BCUT2D eigenvalue weighted by Gasteiger charge is -2.18. The normalized spacial score (nSPS) is 12.1. The third-order valence-electron chi connectivity index (χ3n) is 10.9. The summed E-state index contributed by atoms with van der Waals surface area (Å²) in [6, 6.07) is 22.7. The van der Waals surface area contributed by atoms with Crippen molar-refractivity contribution in [2.45, 2.75) is 80.4 Å². The molecule has 0 spiro atoms. The van der Waals surface area contributed by atoms with Crippen LogP contribution in [0.1, 0.15) is 66.5 Å². The van der Waals surface area contributed by atoms with Gasteiger partial charge in [-0.05, 0) is 136 Å². The number of aromatic amines is 4. The minimum absolute atomic E-state index is 0.0414. The summed E-state index contributed by atoms with van der Waals surface area (Å²) in [5, 5.41) is 39.1. The van der Waals surface area contributed by atoms with E-state index in [-0.39, 0.29) is 34.5 Å². The quantitative estimate of drug-likeness (QED) is 0.0481. The Morgan fingerprint density at radius 2 is 0.900 bits per heavy atom. The number of aliphatic carboxylic acids is 2. The molecule has 0 saturated carbocycles. The van der Waals surface area contributed by atoms with Crippen molar-refractivity contribution in [3.8, 4) is 68.0 Å². The first-order valence-electron chi connectivity index (χ1n) is 22.7. The summed E-state index contributed by atoms with van der Waals surface area (Å²) in [7, 11) is 0. The van der Waals surface area contributed by atoms with Gasteiger partial charge in [0.1, 0.15) is 34.6 Å². The van der Waals surface area contributed by atoms with Gasteiger partial charge >= 0.3 is 11.9 Å². The number of H-pyrrole nitrogens is 4. The van der Waals surface area contributed by atoms with Crippen LogP contribution in [0.25, 0.3) is 67.4 Å². The minimum Gasteiger partial charge on any atom is -0.493 e. The first-order valence-corrected chi connectivity index (χ1v) is 22.7. The Hall–Kier alpha value is -8.42. The van der Waals surface area contributed by atoms with Crippen LogP contribution >= 0.6 is 0 Å². The molecular weight excluding hydrogens is 901 g/mol. The van der Waals surface area contributed by atoms with Gasteiger partial charge in [-0.15, -0.1) is 20.4 Å². The van der Waals surface area contributed by atoms with Crippen LogP contribution in [0.4, 0.5) is 0 Å². The van der Waals surface area contributed by atoms with Gasteiger partial charge in [0.05, 0.1) is 48.4 Å². The summed E-state index contributed by atoms with van der Waals surface area (Å²) < 4.78 is 23.6. The van der Waals surface area contributed by atoms with E-state index in [0.717, 1.165) is 33.4 Å². The number of aromatic nitrogens is 10. The highest BCUT2D eigenvalue weighted by Crippen LogP contribution is 2.37. The van der Waals surface area contributed by atoms with E-state index in [0.29, 0.717) is 71.8 Å². The van der Waals surface area contributed by atoms with Crippen molar-refractivity contribution < 1.29 is 38.7 Å². The molecular formula is C50H54N10O10. The molecule has 0 aliphatic heterocycles. The Kier molecular flexibility index (Phi) is 15.3. The SMILES string of the molecule is CCOc1cc(-c2ccc(OC(C)C)c(CC(C)C(=O)O)c2)ccc1-c1nc2n[nH]nc2c(=O)[nH]1.CCOc1cc(-c2ccc(OC(C)C)c(CC(C)C(=O)O)c2)ccc1-c1nc2n[nH]nc2c(=O)[nH]1. The number of nitrogens with one attached hydrogen (secondary N) is 4. The summed E-state index contributed by atoms with van der Waals surface area (Å²) in [4.78, 5) is 61.9. The van der Waals surface area contributed by atoms with Gasteiger partial charge in [-0.3, -0.25) is 19.2 Å². The molecule has 4 heterocycles. The second-order valence-electron chi connectivity index (χ2n) is 17.0. The Balaban J connectivity index is 0.000000206. The zero-order valence-electron chi connectivity index (χ0n) is 39.9. The van der Waals surface area contributed by atoms with Crippen molar-refractivity contribution in [1.82, 2.24) is 50.8 Å². The van der Waals surface area contributed by atoms with Crippen LogP contribution < -0.4 is 30.1 Å². The van der Waals surface area contributed by atoms with Crippen molar-refractivity contribution in [2.24, 2.45) is 11.8 Å². The molecule has 8 aromatic rings. The van der Waals surface area contributed by atoms with Crippen LogP contribution in [-0.4, -0.2) is 98.3 Å². The Labute approximate surface area is 400 Å². The van der Waals surface area contributed by atoms with Crippen molar-refractivity contribution in [2.75, 3.05) is 13.2 Å². The molecule has 0 saturated heterocycles. The highest BCUT2D eigenvalue weighted by molar-refractivity contribution is 5.79. The van der Waals surface area contributed by atoms with Gasteiger partial charge in [0.25, 0.3) is 11.1 Å². The van der Waals surface area contributed by atoms with Gasteiger partial charge < -0.3 is 39.1 Å². The van der Waals surface area contributed by atoms with E-state index in [2.05, 4.69) is 50.8 Å². The van der Waals surface area contributed by atoms with E-state index >= 15 is 0 Å². The molecule has 0 radical (unpaired) electrons. The average molecular weight is 955 g/mol. The van der Waals surface area contributed by atoms with Crippen LogP contribution in [0.2, 0.25) is 0 Å². The lowest BCUT2D eigenvalue weighted by molar-refractivity contribution is -0.142. The third kappa shape index (κ3) is 11.5. The topological polar surface area (TPSA) is 286 Å². The summed E-state index contributed by atoms with van der Waals surface area (Å²) in [5.41, 5.74) is 6.24. The van der Waals surface area contributed by atoms with Crippen LogP contribution in [-0.2, 0) is 22.4 Å². The van der Waals surface area contributed by atoms with E-state index in [1.807, 2.05) is 114 Å². The predicted molar refractivity (Wildman–Crippen MR) is 261 cm³/mol. The number of hydrogen-bond donors (Lipinski definition) is 6. The van der Waals surface area contributed by atoms with E-state index < -0.39 is 34.9 Å². The Bertz CT molecular complexity index is 3070. The number of carboxylic acid groups (broad SMARTS) is 2. The highest BCUT2D eigenvalue weighted by atomic mass is 16.5. The zero-order chi connectivity index (χ0) is 50.2. The molecule has 2 atom stereocenters. The smallest absolute Gasteiger partial charge is 0.306 e. The molecule has 20 nitrogen and oxygen atoms in total. The molecule has 0 aliphatic rings. The fraction of sp³-hybridized carbons (Fsp3) is 0.320. The van der Waals surface area contributed by atoms with E-state index in [1.165, 1.54) is 0 Å². The molecule has 70 heavy (non-hydrogen) atoms. The number of nitrogens with zero attached hydrogens (tertiary/aromatic N) is 6. The molecule has 4 aromatic heterocycles. The summed E-state index contributed by atoms with van der Waals surface area (Å²) in [6.45, 7) is 15.6. The van der Waals surface area contributed by atoms with E-state index in [9.17, 15) is 29.4 Å². The molecule has 2 unspecified atom stereocenters. The summed E-state index contributed by atoms with van der Waals surface area (Å²) >= 11 is 0. The van der Waals surface area contributed by atoms with Gasteiger partial charge in [0, 0.05) is 0 Å². The van der Waals surface area contributed by atoms with Gasteiger partial charge in [-0.25, -0.2) is 9.97 Å². The van der Waals surface area contributed by atoms with Gasteiger partial charge in [0.2, 0.25) is 11.3 Å². The molecule has 364 valence electrons. The van der Waals surface area contributed by atoms with Crippen molar-refractivity contribution in [3.63, 3.8) is 0 Å². The largest absolute Gasteiger partial charge is 0.493 e. The van der Waals surface area contributed by atoms with Crippen LogP contribution in [0.3, 0.4) is 0 Å². The zero-order valence-corrected chi connectivity index (χ0v) is 39.9. The Morgan fingerprint density at radius 1 is 0.529 bits per heavy atom. The standard InChI is InChI=1S/2C25H27N5O5/c2*1-5-34-20-12-16(6-8-18(20)22-26-23-21(24(31)27-22)28-30-29-23)15-7-9-19(35-13(2)3)17(11-15)10-14(4)25(32)33/h2*6-9,11-14H,5,10H2,1-4H3,(H,32,33)(H2,26,27,28,29,30,31). The van der Waals surface area contributed by atoms with Crippen LogP contribution in [0.15, 0.2) is 82.4 Å². The molecule has 0 aliphatic carbocycles. The molecule has 0 bridgehead atoms. The fourth-order valence-electron chi connectivity index (χ4n) is 7.52. The van der Waals surface area contributed by atoms with E-state index in [4.69, 9.17) is 18.9 Å². The maximum atomic E-state index is 12.4. The molecule has 20 heteroatoms. The fourth-order valence-corrected chi connectivity index (χ4v) is 7.52. The number of fused-ring (bicyclic) bond motifs is 2. The third-order valence-corrected chi connectivity index (χ3v) is 10.9. The minimum atomic E-state index is -0.862. The molecule has 6 N–H and O–H groups in total. The first-order chi connectivity index (χ1) is 33.5. The number of carboxylic acids is 2. The lowest BCUT2D eigenvalue weighted by Crippen LogP contribution is -2.14. The average Bonchev–Trinajstić information content (AvgIpc) is 4.01. The van der Waals surface area contributed by atoms with Gasteiger partial charge in [-0.1, -0.05) is 38.1 Å². The van der Waals surface area contributed by atoms with Gasteiger partial charge in [0.15, 0.2) is 11.0 Å². The summed E-state index contributed by atoms with van der Waals surface area (Å²) in [5.74, 6) is 0.219. The number of ether oxygens (including phenoxy) is 4. The number of hydrogen-bond acceptors (Lipinski definition) is 14. The lowest BCUT2D eigenvalue weighted by atomic mass is 9.95. The monoisotopic (exact) mass is 954 g/mol. The number of rotatable bonds is 18. The van der Waals surface area contributed by atoms with Crippen LogP contribution in [0, 0.1) is 11.8 Å². The van der Waals surface area contributed by atoms with E-state index in [1.54, 1.807) is 13.8 Å². The number of benzene rings is 4. The number of carbonyl (C=O) groups is 2. The van der Waals surface area contributed by atoms with Crippen LogP contribution in [0.5, 0.6) is 23.0 Å². The second-order valence-corrected chi connectivity index (χ2v) is 17.0. The Morgan fingerprint density at radius 3 is 1.26 bits per heavy atom. The maximum absolute atomic E-state index is 12.4. The maximum Gasteiger partial charge on any atom is 0.306 e. The summed E-state index contributed by atoms with van der Waals surface area (Å²) in [6.07, 6.45) is 0.593. The molecule has 4 aromatic carbocycles. The van der Waals surface area contributed by atoms with Crippen molar-refractivity contribution in [3.05, 3.63) is 105 Å². The highest BCUT2D eigenvalue weighted by Gasteiger charge is 2.21. The molecule has 0 amide bonds. The molecule has 8 rings (SSSR count). The molecule has 0 fully saturated rings. The van der Waals surface area contributed by atoms with Gasteiger partial charge in [-0.2, -0.15) is 10.4 Å². The first kappa shape index (κ1) is 49.5. The second kappa shape index (κ2) is 21.7. The van der Waals surface area contributed by atoms with Crippen molar-refractivity contribution >= 4 is 34.3 Å².